The van der Waals surface area contributed by atoms with Gasteiger partial charge in [0.1, 0.15) is 11.6 Å². The maximum Gasteiger partial charge on any atom is 0.255 e. The lowest BCUT2D eigenvalue weighted by molar-refractivity contribution is 0.102. The Hall–Kier alpha value is -3.08. The molecule has 2 N–H and O–H groups in total. The number of aromatic amines is 1. The number of hydrogen-bond acceptors (Lipinski definition) is 3. The number of methoxy groups -OCH3 is 1. The summed E-state index contributed by atoms with van der Waals surface area (Å²) in [6.45, 7) is 0. The molecule has 0 aliphatic rings. The van der Waals surface area contributed by atoms with E-state index in [9.17, 15) is 4.79 Å². The smallest absolute Gasteiger partial charge is 0.255 e. The third kappa shape index (κ3) is 2.98. The summed E-state index contributed by atoms with van der Waals surface area (Å²) in [4.78, 5) is 19.4. The minimum Gasteiger partial charge on any atom is -0.497 e. The van der Waals surface area contributed by atoms with Gasteiger partial charge in [-0.25, -0.2) is 4.98 Å². The van der Waals surface area contributed by atoms with Crippen LogP contribution in [0.4, 0.5) is 5.69 Å². The standard InChI is InChI=1S/C17H15N3O2/c1-22-15-8-6-14(7-9-15)20-17(21)13-4-2-12(3-5-13)16-18-10-11-19-16/h2-11H,1H3,(H,18,19)(H,20,21). The average Bonchev–Trinajstić information content (AvgIpc) is 3.10. The van der Waals surface area contributed by atoms with Gasteiger partial charge in [0.15, 0.2) is 0 Å². The van der Waals surface area contributed by atoms with Gasteiger partial charge in [0, 0.05) is 29.2 Å². The molecule has 3 rings (SSSR count). The van der Waals surface area contributed by atoms with Gasteiger partial charge in [0.25, 0.3) is 5.91 Å². The lowest BCUT2D eigenvalue weighted by Gasteiger charge is -2.07. The predicted octanol–water partition coefficient (Wildman–Crippen LogP) is 3.34. The molecule has 22 heavy (non-hydrogen) atoms. The van der Waals surface area contributed by atoms with Crippen molar-refractivity contribution in [2.75, 3.05) is 12.4 Å². The molecule has 0 saturated heterocycles. The van der Waals surface area contributed by atoms with Gasteiger partial charge in [-0.2, -0.15) is 0 Å². The van der Waals surface area contributed by atoms with Crippen molar-refractivity contribution in [1.29, 1.82) is 0 Å². The molecule has 2 aromatic carbocycles. The number of nitrogens with zero attached hydrogens (tertiary/aromatic N) is 1. The van der Waals surface area contributed by atoms with Crippen molar-refractivity contribution in [2.45, 2.75) is 0 Å². The first-order chi connectivity index (χ1) is 10.8. The summed E-state index contributed by atoms with van der Waals surface area (Å²) in [7, 11) is 1.61. The second kappa shape index (κ2) is 6.13. The van der Waals surface area contributed by atoms with E-state index in [4.69, 9.17) is 4.74 Å². The van der Waals surface area contributed by atoms with Crippen LogP contribution in [0.15, 0.2) is 60.9 Å². The van der Waals surface area contributed by atoms with E-state index in [1.165, 1.54) is 0 Å². The van der Waals surface area contributed by atoms with Crippen molar-refractivity contribution in [1.82, 2.24) is 9.97 Å². The topological polar surface area (TPSA) is 67.0 Å². The normalized spacial score (nSPS) is 10.2. The van der Waals surface area contributed by atoms with E-state index in [-0.39, 0.29) is 5.91 Å². The van der Waals surface area contributed by atoms with Gasteiger partial charge in [-0.05, 0) is 36.4 Å². The minimum atomic E-state index is -0.156. The summed E-state index contributed by atoms with van der Waals surface area (Å²) < 4.78 is 5.09. The molecule has 0 spiro atoms. The molecule has 1 heterocycles. The number of carbonyl (C=O) groups excluding carboxylic acids is 1. The molecule has 0 saturated carbocycles. The van der Waals surface area contributed by atoms with E-state index in [2.05, 4.69) is 15.3 Å². The Labute approximate surface area is 128 Å². The Bertz CT molecular complexity index is 748. The molecule has 0 aliphatic carbocycles. The third-order valence-corrected chi connectivity index (χ3v) is 3.27. The number of H-pyrrole nitrogens is 1. The second-order valence-electron chi connectivity index (χ2n) is 4.70. The molecule has 0 radical (unpaired) electrons. The maximum absolute atomic E-state index is 12.2. The molecule has 5 nitrogen and oxygen atoms in total. The zero-order valence-electron chi connectivity index (χ0n) is 12.0. The van der Waals surface area contributed by atoms with Crippen LogP contribution < -0.4 is 10.1 Å². The highest BCUT2D eigenvalue weighted by atomic mass is 16.5. The van der Waals surface area contributed by atoms with Crippen molar-refractivity contribution in [3.05, 3.63) is 66.5 Å². The van der Waals surface area contributed by atoms with Crippen LogP contribution in [-0.2, 0) is 0 Å². The van der Waals surface area contributed by atoms with E-state index in [0.717, 1.165) is 22.8 Å². The number of anilines is 1. The van der Waals surface area contributed by atoms with Crippen LogP contribution in [0.5, 0.6) is 5.75 Å². The SMILES string of the molecule is COc1ccc(NC(=O)c2ccc(-c3ncc[nH]3)cc2)cc1. The van der Waals surface area contributed by atoms with E-state index in [0.29, 0.717) is 5.56 Å². The van der Waals surface area contributed by atoms with Gasteiger partial charge in [0.2, 0.25) is 0 Å². The molecule has 0 bridgehead atoms. The highest BCUT2D eigenvalue weighted by Crippen LogP contribution is 2.18. The number of nitrogens with one attached hydrogen (secondary N) is 2. The third-order valence-electron chi connectivity index (χ3n) is 3.27. The quantitative estimate of drug-likeness (QED) is 0.775. The molecular formula is C17H15N3O2. The molecule has 1 aromatic heterocycles. The Morgan fingerprint density at radius 1 is 1.09 bits per heavy atom. The van der Waals surface area contributed by atoms with Crippen LogP contribution in [0.25, 0.3) is 11.4 Å². The lowest BCUT2D eigenvalue weighted by Crippen LogP contribution is -2.11. The minimum absolute atomic E-state index is 0.156. The number of aromatic nitrogens is 2. The lowest BCUT2D eigenvalue weighted by atomic mass is 10.1. The van der Waals surface area contributed by atoms with Gasteiger partial charge < -0.3 is 15.0 Å². The fourth-order valence-electron chi connectivity index (χ4n) is 2.08. The van der Waals surface area contributed by atoms with E-state index in [1.54, 1.807) is 55.9 Å². The zero-order chi connectivity index (χ0) is 15.4. The highest BCUT2D eigenvalue weighted by molar-refractivity contribution is 6.04. The van der Waals surface area contributed by atoms with Gasteiger partial charge in [-0.15, -0.1) is 0 Å². The average molecular weight is 293 g/mol. The molecule has 0 atom stereocenters. The number of carbonyl (C=O) groups is 1. The largest absolute Gasteiger partial charge is 0.497 e. The Morgan fingerprint density at radius 3 is 2.41 bits per heavy atom. The van der Waals surface area contributed by atoms with Crippen LogP contribution in [-0.4, -0.2) is 23.0 Å². The molecule has 0 aliphatic heterocycles. The van der Waals surface area contributed by atoms with Crippen molar-refractivity contribution >= 4 is 11.6 Å². The van der Waals surface area contributed by atoms with E-state index >= 15 is 0 Å². The molecule has 110 valence electrons. The van der Waals surface area contributed by atoms with Crippen molar-refractivity contribution in [3.63, 3.8) is 0 Å². The fourth-order valence-corrected chi connectivity index (χ4v) is 2.08. The van der Waals surface area contributed by atoms with Gasteiger partial charge in [-0.1, -0.05) is 12.1 Å². The van der Waals surface area contributed by atoms with Gasteiger partial charge in [0.05, 0.1) is 7.11 Å². The fraction of sp³-hybridized carbons (Fsp3) is 0.0588. The predicted molar refractivity (Wildman–Crippen MR) is 85.0 cm³/mol. The Morgan fingerprint density at radius 2 is 1.82 bits per heavy atom. The summed E-state index contributed by atoms with van der Waals surface area (Å²) >= 11 is 0. The first-order valence-electron chi connectivity index (χ1n) is 6.81. The Balaban J connectivity index is 1.71. The van der Waals surface area contributed by atoms with Crippen LogP contribution >= 0.6 is 0 Å². The number of imidazole rings is 1. The summed E-state index contributed by atoms with van der Waals surface area (Å²) in [6, 6.07) is 14.5. The van der Waals surface area contributed by atoms with Crippen LogP contribution in [0.2, 0.25) is 0 Å². The number of hydrogen-bond donors (Lipinski definition) is 2. The molecule has 1 amide bonds. The van der Waals surface area contributed by atoms with E-state index < -0.39 is 0 Å². The Kier molecular flexibility index (Phi) is 3.87. The maximum atomic E-state index is 12.2. The molecule has 0 unspecified atom stereocenters. The second-order valence-corrected chi connectivity index (χ2v) is 4.70. The van der Waals surface area contributed by atoms with Crippen molar-refractivity contribution in [2.24, 2.45) is 0 Å². The van der Waals surface area contributed by atoms with Crippen LogP contribution in [0, 0.1) is 0 Å². The van der Waals surface area contributed by atoms with Gasteiger partial charge in [-0.3, -0.25) is 4.79 Å². The van der Waals surface area contributed by atoms with Crippen molar-refractivity contribution in [3.8, 4) is 17.1 Å². The highest BCUT2D eigenvalue weighted by Gasteiger charge is 2.07. The summed E-state index contributed by atoms with van der Waals surface area (Å²) in [5.74, 6) is 1.37. The summed E-state index contributed by atoms with van der Waals surface area (Å²) in [5.41, 5.74) is 2.25. The van der Waals surface area contributed by atoms with Gasteiger partial charge >= 0.3 is 0 Å². The molecule has 0 fully saturated rings. The number of ether oxygens (including phenoxy) is 1. The van der Waals surface area contributed by atoms with Crippen LogP contribution in [0.3, 0.4) is 0 Å². The summed E-state index contributed by atoms with van der Waals surface area (Å²) in [5, 5.41) is 2.85. The first kappa shape index (κ1) is 13.9. The molecule has 5 heteroatoms. The number of rotatable bonds is 4. The molecular weight excluding hydrogens is 278 g/mol. The van der Waals surface area contributed by atoms with E-state index in [1.807, 2.05) is 12.1 Å². The van der Waals surface area contributed by atoms with Crippen molar-refractivity contribution < 1.29 is 9.53 Å². The van der Waals surface area contributed by atoms with Crippen LogP contribution in [0.1, 0.15) is 10.4 Å². The molecule has 3 aromatic rings. The monoisotopic (exact) mass is 293 g/mol. The first-order valence-corrected chi connectivity index (χ1v) is 6.81. The number of amides is 1. The number of benzene rings is 2. The zero-order valence-corrected chi connectivity index (χ0v) is 12.0. The summed E-state index contributed by atoms with van der Waals surface area (Å²) in [6.07, 6.45) is 3.46.